The highest BCUT2D eigenvalue weighted by Crippen LogP contribution is 2.09. The molecular weight excluding hydrogens is 224 g/mol. The number of β-amino-alcohol motifs (C(OH)–C–C–N with tert-alkyl or cyclic N) is 1. The number of aromatic amines is 1. The number of aromatic nitrogens is 2. The zero-order chi connectivity index (χ0) is 12.4. The van der Waals surface area contributed by atoms with Crippen molar-refractivity contribution in [2.45, 2.75) is 12.1 Å². The molecule has 1 aliphatic rings. The fourth-order valence-electron chi connectivity index (χ4n) is 1.84. The van der Waals surface area contributed by atoms with Crippen molar-refractivity contribution in [3.8, 4) is 0 Å². The van der Waals surface area contributed by atoms with Crippen molar-refractivity contribution in [2.24, 2.45) is 0 Å². The molecule has 17 heavy (non-hydrogen) atoms. The molecule has 2 heterocycles. The summed E-state index contributed by atoms with van der Waals surface area (Å²) in [6, 6.07) is -0.267. The molecule has 2 rings (SSSR count). The lowest BCUT2D eigenvalue weighted by Crippen LogP contribution is -2.44. The molecule has 1 amide bonds. The van der Waals surface area contributed by atoms with Crippen molar-refractivity contribution in [3.05, 3.63) is 28.4 Å². The average Bonchev–Trinajstić information content (AvgIpc) is 2.74. The maximum absolute atomic E-state index is 12.0. The third-order valence-corrected chi connectivity index (χ3v) is 2.86. The number of H-pyrrole nitrogens is 1. The van der Waals surface area contributed by atoms with Crippen LogP contribution in [0, 0.1) is 0 Å². The van der Waals surface area contributed by atoms with Gasteiger partial charge in [-0.3, -0.25) is 9.59 Å². The van der Waals surface area contributed by atoms with Gasteiger partial charge in [-0.05, 0) is 0 Å². The molecule has 7 nitrogen and oxygen atoms in total. The van der Waals surface area contributed by atoms with Crippen LogP contribution in [0.25, 0.3) is 0 Å². The minimum absolute atomic E-state index is 0.159. The number of hydrogen-bond acceptors (Lipinski definition) is 5. The van der Waals surface area contributed by atoms with Gasteiger partial charge in [0.25, 0.3) is 11.5 Å². The maximum Gasteiger partial charge on any atom is 0.274 e. The van der Waals surface area contributed by atoms with Crippen molar-refractivity contribution in [1.82, 2.24) is 20.2 Å². The molecule has 1 aliphatic heterocycles. The minimum atomic E-state index is -0.577. The summed E-state index contributed by atoms with van der Waals surface area (Å²) in [7, 11) is 1.61. The third-order valence-electron chi connectivity index (χ3n) is 2.86. The van der Waals surface area contributed by atoms with E-state index in [1.165, 1.54) is 11.1 Å². The highest BCUT2D eigenvalue weighted by atomic mass is 16.3. The number of hydrogen-bond donors (Lipinski definition) is 3. The number of carbonyl (C=O) groups is 1. The Morgan fingerprint density at radius 3 is 2.88 bits per heavy atom. The van der Waals surface area contributed by atoms with Crippen LogP contribution in [0.4, 0.5) is 0 Å². The molecule has 1 fully saturated rings. The van der Waals surface area contributed by atoms with Crippen LogP contribution in [0.1, 0.15) is 10.5 Å². The van der Waals surface area contributed by atoms with E-state index in [0.717, 1.165) is 6.20 Å². The highest BCUT2D eigenvalue weighted by Gasteiger charge is 2.31. The topological polar surface area (TPSA) is 98.3 Å². The molecule has 0 radical (unpaired) electrons. The number of nitrogens with one attached hydrogen (secondary N) is 2. The van der Waals surface area contributed by atoms with E-state index in [4.69, 9.17) is 0 Å². The fraction of sp³-hybridized carbons (Fsp3) is 0.500. The maximum atomic E-state index is 12.0. The van der Waals surface area contributed by atoms with Crippen molar-refractivity contribution < 1.29 is 9.90 Å². The molecule has 0 aliphatic carbocycles. The van der Waals surface area contributed by atoms with E-state index >= 15 is 0 Å². The number of nitrogens with zero attached hydrogens (tertiary/aromatic N) is 2. The molecule has 0 saturated carbocycles. The van der Waals surface area contributed by atoms with Crippen molar-refractivity contribution in [3.63, 3.8) is 0 Å². The molecule has 1 aromatic heterocycles. The average molecular weight is 238 g/mol. The first-order valence-electron chi connectivity index (χ1n) is 5.30. The quantitative estimate of drug-likeness (QED) is 0.563. The van der Waals surface area contributed by atoms with Crippen LogP contribution in [-0.2, 0) is 0 Å². The largest absolute Gasteiger partial charge is 0.390 e. The molecule has 0 unspecified atom stereocenters. The van der Waals surface area contributed by atoms with E-state index in [9.17, 15) is 14.7 Å². The number of likely N-dealkylation sites (N-methyl/N-ethyl adjacent to an activating group) is 1. The Morgan fingerprint density at radius 1 is 1.59 bits per heavy atom. The van der Waals surface area contributed by atoms with Gasteiger partial charge in [-0.2, -0.15) is 0 Å². The Labute approximate surface area is 97.5 Å². The fourth-order valence-corrected chi connectivity index (χ4v) is 1.84. The van der Waals surface area contributed by atoms with Gasteiger partial charge in [0, 0.05) is 26.3 Å². The Bertz CT molecular complexity index is 452. The molecule has 0 bridgehead atoms. The van der Waals surface area contributed by atoms with E-state index < -0.39 is 6.10 Å². The molecular formula is C10H14N4O3. The summed E-state index contributed by atoms with van der Waals surface area (Å²) in [5, 5.41) is 12.7. The van der Waals surface area contributed by atoms with Gasteiger partial charge in [0.15, 0.2) is 0 Å². The van der Waals surface area contributed by atoms with Gasteiger partial charge in [0.2, 0.25) is 0 Å². The third kappa shape index (κ3) is 2.34. The number of aliphatic hydroxyl groups is 1. The summed E-state index contributed by atoms with van der Waals surface area (Å²) in [6.45, 7) is 1.02. The van der Waals surface area contributed by atoms with Crippen LogP contribution in [0.5, 0.6) is 0 Å². The molecule has 1 aromatic rings. The standard InChI is InChI=1S/C10H14N4O3/c1-14(7-3-11-4-8(7)15)10(17)6-2-13-9(16)5-12-6/h2,5,7-8,11,15H,3-4H2,1H3,(H,13,16)/t7-,8-/m0/s1. The monoisotopic (exact) mass is 238 g/mol. The van der Waals surface area contributed by atoms with Crippen molar-refractivity contribution in [2.75, 3.05) is 20.1 Å². The number of rotatable bonds is 2. The Kier molecular flexibility index (Phi) is 3.21. The van der Waals surface area contributed by atoms with Gasteiger partial charge in [0.1, 0.15) is 5.69 Å². The summed E-state index contributed by atoms with van der Waals surface area (Å²) in [4.78, 5) is 30.4. The predicted molar refractivity (Wildman–Crippen MR) is 59.6 cm³/mol. The van der Waals surface area contributed by atoms with Crippen LogP contribution in [-0.4, -0.2) is 58.2 Å². The summed E-state index contributed by atoms with van der Waals surface area (Å²) in [5.41, 5.74) is -0.196. The first kappa shape index (κ1) is 11.7. The first-order chi connectivity index (χ1) is 8.09. The van der Waals surface area contributed by atoms with Crippen LogP contribution in [0.2, 0.25) is 0 Å². The van der Waals surface area contributed by atoms with Crippen LogP contribution >= 0.6 is 0 Å². The summed E-state index contributed by atoms with van der Waals surface area (Å²) >= 11 is 0. The zero-order valence-corrected chi connectivity index (χ0v) is 9.38. The smallest absolute Gasteiger partial charge is 0.274 e. The lowest BCUT2D eigenvalue weighted by atomic mass is 10.2. The number of amides is 1. The Balaban J connectivity index is 2.14. The number of carbonyl (C=O) groups excluding carboxylic acids is 1. The summed E-state index contributed by atoms with van der Waals surface area (Å²) in [5.74, 6) is -0.325. The zero-order valence-electron chi connectivity index (χ0n) is 9.38. The SMILES string of the molecule is CN(C(=O)c1c[nH]c(=O)cn1)[C@H]1CNC[C@@H]1O. The molecule has 92 valence electrons. The molecule has 3 N–H and O–H groups in total. The van der Waals surface area contributed by atoms with E-state index in [1.54, 1.807) is 7.05 Å². The second-order valence-electron chi connectivity index (χ2n) is 4.01. The second-order valence-corrected chi connectivity index (χ2v) is 4.01. The second kappa shape index (κ2) is 4.64. The number of aliphatic hydroxyl groups excluding tert-OH is 1. The van der Waals surface area contributed by atoms with Gasteiger partial charge < -0.3 is 20.3 Å². The minimum Gasteiger partial charge on any atom is -0.390 e. The summed E-state index contributed by atoms with van der Waals surface area (Å²) in [6.07, 6.45) is 1.76. The van der Waals surface area contributed by atoms with E-state index in [0.29, 0.717) is 13.1 Å². The van der Waals surface area contributed by atoms with Crippen molar-refractivity contribution >= 4 is 5.91 Å². The van der Waals surface area contributed by atoms with Gasteiger partial charge in [-0.15, -0.1) is 0 Å². The molecule has 7 heteroatoms. The molecule has 1 saturated heterocycles. The van der Waals surface area contributed by atoms with E-state index in [1.807, 2.05) is 0 Å². The Hall–Kier alpha value is -1.73. The van der Waals surface area contributed by atoms with Crippen LogP contribution in [0.15, 0.2) is 17.2 Å². The van der Waals surface area contributed by atoms with E-state index in [-0.39, 0.29) is 23.2 Å². The normalized spacial score (nSPS) is 23.6. The van der Waals surface area contributed by atoms with Gasteiger partial charge >= 0.3 is 0 Å². The first-order valence-corrected chi connectivity index (χ1v) is 5.30. The highest BCUT2D eigenvalue weighted by molar-refractivity contribution is 5.92. The van der Waals surface area contributed by atoms with Crippen molar-refractivity contribution in [1.29, 1.82) is 0 Å². The lowest BCUT2D eigenvalue weighted by molar-refractivity contribution is 0.0575. The van der Waals surface area contributed by atoms with Gasteiger partial charge in [-0.1, -0.05) is 0 Å². The van der Waals surface area contributed by atoms with Gasteiger partial charge in [-0.25, -0.2) is 4.98 Å². The predicted octanol–water partition coefficient (Wildman–Crippen LogP) is -1.83. The lowest BCUT2D eigenvalue weighted by Gasteiger charge is -2.25. The Morgan fingerprint density at radius 2 is 2.35 bits per heavy atom. The van der Waals surface area contributed by atoms with Crippen LogP contribution < -0.4 is 10.9 Å². The van der Waals surface area contributed by atoms with Gasteiger partial charge in [0.05, 0.1) is 18.3 Å². The molecule has 0 aromatic carbocycles. The van der Waals surface area contributed by atoms with Crippen LogP contribution in [0.3, 0.4) is 0 Å². The molecule has 0 spiro atoms. The molecule has 2 atom stereocenters. The summed E-state index contributed by atoms with van der Waals surface area (Å²) < 4.78 is 0. The van der Waals surface area contributed by atoms with E-state index in [2.05, 4.69) is 15.3 Å².